The molecular weight excluding hydrogens is 320 g/mol. The highest BCUT2D eigenvalue weighted by molar-refractivity contribution is 5.99. The molecule has 130 valence electrons. The predicted molar refractivity (Wildman–Crippen MR) is 91.3 cm³/mol. The maximum atomic E-state index is 12.4. The molecule has 4 rings (SSSR count). The van der Waals surface area contributed by atoms with Crippen LogP contribution in [-0.2, 0) is 22.4 Å². The zero-order valence-electron chi connectivity index (χ0n) is 13.7. The van der Waals surface area contributed by atoms with Crippen LogP contribution in [0.5, 0.6) is 5.75 Å². The van der Waals surface area contributed by atoms with Crippen LogP contribution < -0.4 is 15.4 Å². The van der Waals surface area contributed by atoms with E-state index in [1.807, 2.05) is 18.2 Å². The van der Waals surface area contributed by atoms with Crippen LogP contribution in [0.15, 0.2) is 30.6 Å². The van der Waals surface area contributed by atoms with Crippen molar-refractivity contribution >= 4 is 17.5 Å². The average molecular weight is 340 g/mol. The molecule has 0 unspecified atom stereocenters. The first kappa shape index (κ1) is 15.7. The number of carbonyl (C=O) groups is 2. The third-order valence-corrected chi connectivity index (χ3v) is 4.72. The third-order valence-electron chi connectivity index (χ3n) is 4.72. The summed E-state index contributed by atoms with van der Waals surface area (Å²) in [6.07, 6.45) is 6.87. The fraction of sp³-hybridized carbons (Fsp3) is 0.389. The van der Waals surface area contributed by atoms with Gasteiger partial charge in [-0.15, -0.1) is 0 Å². The third kappa shape index (κ3) is 3.50. The first-order valence-corrected chi connectivity index (χ1v) is 8.54. The van der Waals surface area contributed by atoms with Gasteiger partial charge in [-0.2, -0.15) is 5.10 Å². The van der Waals surface area contributed by atoms with E-state index in [1.165, 1.54) is 0 Å². The van der Waals surface area contributed by atoms with Gasteiger partial charge in [-0.1, -0.05) is 12.1 Å². The highest BCUT2D eigenvalue weighted by Gasteiger charge is 2.30. The largest absolute Gasteiger partial charge is 0.485 e. The molecule has 1 aliphatic heterocycles. The average Bonchev–Trinajstić information content (AvgIpc) is 3.29. The summed E-state index contributed by atoms with van der Waals surface area (Å²) in [5.41, 5.74) is 2.69. The molecule has 0 radical (unpaired) electrons. The van der Waals surface area contributed by atoms with Crippen LogP contribution >= 0.6 is 0 Å². The number of aromatic amines is 1. The van der Waals surface area contributed by atoms with Gasteiger partial charge in [-0.3, -0.25) is 14.7 Å². The predicted octanol–water partition coefficient (Wildman–Crippen LogP) is 1.56. The Kier molecular flexibility index (Phi) is 4.13. The summed E-state index contributed by atoms with van der Waals surface area (Å²) < 4.78 is 5.90. The summed E-state index contributed by atoms with van der Waals surface area (Å²) in [6, 6.07) is 5.72. The van der Waals surface area contributed by atoms with Crippen molar-refractivity contribution in [2.24, 2.45) is 0 Å². The van der Waals surface area contributed by atoms with Gasteiger partial charge in [0.1, 0.15) is 6.10 Å². The van der Waals surface area contributed by atoms with Crippen molar-refractivity contribution in [2.75, 3.05) is 5.32 Å². The summed E-state index contributed by atoms with van der Waals surface area (Å²) in [6.45, 7) is 0. The Hall–Kier alpha value is -2.83. The Bertz CT molecular complexity index is 788. The number of carbonyl (C=O) groups excluding carboxylic acids is 2. The maximum absolute atomic E-state index is 12.4. The molecule has 1 aromatic heterocycles. The number of hydrogen-bond acceptors (Lipinski definition) is 4. The second-order valence-corrected chi connectivity index (χ2v) is 6.59. The zero-order valence-corrected chi connectivity index (χ0v) is 13.7. The van der Waals surface area contributed by atoms with Gasteiger partial charge in [0, 0.05) is 5.69 Å². The number of hydrogen-bond donors (Lipinski definition) is 3. The number of amides is 2. The zero-order chi connectivity index (χ0) is 17.2. The maximum Gasteiger partial charge on any atom is 0.228 e. The molecule has 3 N–H and O–H groups in total. The van der Waals surface area contributed by atoms with Crippen molar-refractivity contribution in [2.45, 2.75) is 44.2 Å². The second kappa shape index (κ2) is 6.58. The van der Waals surface area contributed by atoms with Gasteiger partial charge >= 0.3 is 0 Å². The number of nitrogens with zero attached hydrogens (tertiary/aromatic N) is 1. The summed E-state index contributed by atoms with van der Waals surface area (Å²) in [4.78, 5) is 23.8. The lowest BCUT2D eigenvalue weighted by atomic mass is 10.1. The number of benzene rings is 1. The SMILES string of the molecule is O=C1Cc2ccc(CC(=O)N[C@H]3CCC[C@H]3Oc3cn[nH]c3)cc2N1. The molecular formula is C18H20N4O3. The number of ether oxygens (including phenoxy) is 1. The van der Waals surface area contributed by atoms with Crippen LogP contribution in [0, 0.1) is 0 Å². The summed E-state index contributed by atoms with van der Waals surface area (Å²) >= 11 is 0. The topological polar surface area (TPSA) is 96.1 Å². The van der Waals surface area contributed by atoms with E-state index in [0.29, 0.717) is 12.2 Å². The van der Waals surface area contributed by atoms with Gasteiger partial charge in [0.25, 0.3) is 0 Å². The standard InChI is InChI=1S/C18H20N4O3/c23-17(7-11-4-5-12-8-18(24)22-15(12)6-11)21-14-2-1-3-16(14)25-13-9-19-20-10-13/h4-6,9-10,14,16H,1-3,7-8H2,(H,19,20)(H,21,23)(H,22,24)/t14-,16+/m0/s1. The van der Waals surface area contributed by atoms with E-state index in [4.69, 9.17) is 4.74 Å². The molecule has 2 amide bonds. The number of H-pyrrole nitrogens is 1. The van der Waals surface area contributed by atoms with Gasteiger partial charge in [0.2, 0.25) is 11.8 Å². The smallest absolute Gasteiger partial charge is 0.228 e. The molecule has 25 heavy (non-hydrogen) atoms. The lowest BCUT2D eigenvalue weighted by Crippen LogP contribution is -2.43. The minimum atomic E-state index is -0.0306. The van der Waals surface area contributed by atoms with Crippen LogP contribution in [0.25, 0.3) is 0 Å². The van der Waals surface area contributed by atoms with E-state index in [9.17, 15) is 9.59 Å². The van der Waals surface area contributed by atoms with Crippen LogP contribution in [-0.4, -0.2) is 34.2 Å². The summed E-state index contributed by atoms with van der Waals surface area (Å²) in [7, 11) is 0. The lowest BCUT2D eigenvalue weighted by Gasteiger charge is -2.21. The lowest BCUT2D eigenvalue weighted by molar-refractivity contribution is -0.121. The summed E-state index contributed by atoms with van der Waals surface area (Å²) in [5.74, 6) is 0.666. The molecule has 1 saturated carbocycles. The Morgan fingerprint density at radius 1 is 1.36 bits per heavy atom. The highest BCUT2D eigenvalue weighted by atomic mass is 16.5. The van der Waals surface area contributed by atoms with Crippen LogP contribution in [0.2, 0.25) is 0 Å². The molecule has 1 aliphatic carbocycles. The van der Waals surface area contributed by atoms with Gasteiger partial charge in [-0.25, -0.2) is 0 Å². The van der Waals surface area contributed by atoms with Gasteiger partial charge < -0.3 is 15.4 Å². The Labute approximate surface area is 145 Å². The number of aromatic nitrogens is 2. The Morgan fingerprint density at radius 3 is 3.12 bits per heavy atom. The van der Waals surface area contributed by atoms with Crippen LogP contribution in [0.1, 0.15) is 30.4 Å². The van der Waals surface area contributed by atoms with Crippen LogP contribution in [0.4, 0.5) is 5.69 Å². The number of rotatable bonds is 5. The van der Waals surface area contributed by atoms with Gasteiger partial charge in [-0.05, 0) is 36.5 Å². The minimum Gasteiger partial charge on any atom is -0.485 e. The van der Waals surface area contributed by atoms with Crippen molar-refractivity contribution in [1.82, 2.24) is 15.5 Å². The van der Waals surface area contributed by atoms with Crippen LogP contribution in [0.3, 0.4) is 0 Å². The molecule has 1 fully saturated rings. The van der Waals surface area contributed by atoms with E-state index in [1.54, 1.807) is 12.4 Å². The van der Waals surface area contributed by atoms with Crippen molar-refractivity contribution in [3.63, 3.8) is 0 Å². The van der Waals surface area contributed by atoms with Crippen molar-refractivity contribution in [3.05, 3.63) is 41.7 Å². The molecule has 7 heteroatoms. The Balaban J connectivity index is 1.35. The summed E-state index contributed by atoms with van der Waals surface area (Å²) in [5, 5.41) is 12.5. The molecule has 7 nitrogen and oxygen atoms in total. The molecule has 0 spiro atoms. The minimum absolute atomic E-state index is 0.00166. The van der Waals surface area contributed by atoms with E-state index >= 15 is 0 Å². The number of anilines is 1. The molecule has 2 atom stereocenters. The highest BCUT2D eigenvalue weighted by Crippen LogP contribution is 2.26. The van der Waals surface area contributed by atoms with E-state index < -0.39 is 0 Å². The van der Waals surface area contributed by atoms with E-state index in [2.05, 4.69) is 20.8 Å². The van der Waals surface area contributed by atoms with Gasteiger partial charge in [0.05, 0.1) is 31.3 Å². The quantitative estimate of drug-likeness (QED) is 0.770. The van der Waals surface area contributed by atoms with Crippen molar-refractivity contribution < 1.29 is 14.3 Å². The normalized spacial score (nSPS) is 21.7. The first-order valence-electron chi connectivity index (χ1n) is 8.54. The molecule has 2 aromatic rings. The molecule has 2 aliphatic rings. The first-order chi connectivity index (χ1) is 12.2. The number of nitrogens with one attached hydrogen (secondary N) is 3. The second-order valence-electron chi connectivity index (χ2n) is 6.59. The Morgan fingerprint density at radius 2 is 2.28 bits per heavy atom. The number of fused-ring (bicyclic) bond motifs is 1. The van der Waals surface area contributed by atoms with Gasteiger partial charge in [0.15, 0.2) is 5.75 Å². The molecule has 0 saturated heterocycles. The fourth-order valence-electron chi connectivity index (χ4n) is 3.53. The fourth-order valence-corrected chi connectivity index (χ4v) is 3.53. The molecule has 2 heterocycles. The van der Waals surface area contributed by atoms with E-state index in [-0.39, 0.29) is 30.4 Å². The van der Waals surface area contributed by atoms with E-state index in [0.717, 1.165) is 36.1 Å². The monoisotopic (exact) mass is 340 g/mol. The molecule has 1 aromatic carbocycles. The molecule has 0 bridgehead atoms. The van der Waals surface area contributed by atoms with Crippen molar-refractivity contribution in [1.29, 1.82) is 0 Å². The van der Waals surface area contributed by atoms with Crippen molar-refractivity contribution in [3.8, 4) is 5.75 Å².